The van der Waals surface area contributed by atoms with Crippen LogP contribution in [0.2, 0.25) is 0 Å². The van der Waals surface area contributed by atoms with Crippen molar-refractivity contribution in [1.29, 1.82) is 0 Å². The van der Waals surface area contributed by atoms with E-state index in [9.17, 15) is 10.1 Å². The van der Waals surface area contributed by atoms with Gasteiger partial charge in [0.15, 0.2) is 0 Å². The molecule has 0 spiro atoms. The molecule has 0 aromatic carbocycles. The van der Waals surface area contributed by atoms with Crippen molar-refractivity contribution in [3.05, 3.63) is 16.3 Å². The summed E-state index contributed by atoms with van der Waals surface area (Å²) >= 11 is 0. The Labute approximate surface area is 122 Å². The molecule has 1 unspecified atom stereocenters. The molecule has 9 heteroatoms. The van der Waals surface area contributed by atoms with Crippen molar-refractivity contribution in [1.82, 2.24) is 14.9 Å². The number of hydrogen-bond acceptors (Lipinski definition) is 8. The summed E-state index contributed by atoms with van der Waals surface area (Å²) in [6, 6.07) is 0. The zero-order chi connectivity index (χ0) is 15.2. The normalized spacial score (nSPS) is 19.2. The van der Waals surface area contributed by atoms with Crippen molar-refractivity contribution < 1.29 is 9.66 Å². The molecule has 0 radical (unpaired) electrons. The molecule has 116 valence electrons. The van der Waals surface area contributed by atoms with Gasteiger partial charge in [-0.25, -0.2) is 4.98 Å². The van der Waals surface area contributed by atoms with Crippen molar-refractivity contribution in [2.75, 3.05) is 50.5 Å². The molecular weight excluding hydrogens is 276 g/mol. The monoisotopic (exact) mass is 296 g/mol. The van der Waals surface area contributed by atoms with Crippen LogP contribution in [0.1, 0.15) is 6.92 Å². The maximum atomic E-state index is 11.0. The van der Waals surface area contributed by atoms with Gasteiger partial charge in [-0.05, 0) is 6.54 Å². The van der Waals surface area contributed by atoms with Gasteiger partial charge in [0.25, 0.3) is 0 Å². The van der Waals surface area contributed by atoms with Gasteiger partial charge in [0.2, 0.25) is 11.8 Å². The van der Waals surface area contributed by atoms with Gasteiger partial charge in [-0.1, -0.05) is 6.92 Å². The Kier molecular flexibility index (Phi) is 5.23. The molecule has 1 aliphatic rings. The number of morpholine rings is 1. The minimum Gasteiger partial charge on any atom is -0.374 e. The Balaban J connectivity index is 2.02. The van der Waals surface area contributed by atoms with Gasteiger partial charge >= 0.3 is 5.69 Å². The van der Waals surface area contributed by atoms with E-state index in [0.717, 1.165) is 19.6 Å². The molecule has 1 aromatic rings. The molecule has 0 saturated carbocycles. The molecule has 0 bridgehead atoms. The van der Waals surface area contributed by atoms with Gasteiger partial charge < -0.3 is 15.4 Å². The minimum atomic E-state index is -0.498. The first-order chi connectivity index (χ1) is 10.1. The van der Waals surface area contributed by atoms with Crippen LogP contribution in [0, 0.1) is 10.1 Å². The van der Waals surface area contributed by atoms with Crippen molar-refractivity contribution in [2.24, 2.45) is 0 Å². The Morgan fingerprint density at radius 3 is 3.10 bits per heavy atom. The molecule has 0 aliphatic carbocycles. The number of nitrogens with one attached hydrogen (secondary N) is 2. The van der Waals surface area contributed by atoms with E-state index < -0.39 is 4.92 Å². The van der Waals surface area contributed by atoms with Crippen LogP contribution in [0.5, 0.6) is 0 Å². The third-order valence-electron chi connectivity index (χ3n) is 3.36. The van der Waals surface area contributed by atoms with E-state index in [-0.39, 0.29) is 17.6 Å². The van der Waals surface area contributed by atoms with Gasteiger partial charge in [-0.3, -0.25) is 15.0 Å². The Morgan fingerprint density at radius 2 is 2.43 bits per heavy atom. The SMILES string of the molecule is CCN1CCOC(CNc2nc(NC)ncc2[N+](=O)[O-])C1. The molecule has 1 aliphatic heterocycles. The molecule has 1 fully saturated rings. The molecule has 0 amide bonds. The fourth-order valence-corrected chi connectivity index (χ4v) is 2.16. The second-order valence-corrected chi connectivity index (χ2v) is 4.70. The summed E-state index contributed by atoms with van der Waals surface area (Å²) in [5.74, 6) is 0.541. The van der Waals surface area contributed by atoms with Crippen molar-refractivity contribution in [3.63, 3.8) is 0 Å². The van der Waals surface area contributed by atoms with Crippen LogP contribution in [0.3, 0.4) is 0 Å². The van der Waals surface area contributed by atoms with Crippen LogP contribution in [0.25, 0.3) is 0 Å². The summed E-state index contributed by atoms with van der Waals surface area (Å²) in [7, 11) is 1.66. The number of aromatic nitrogens is 2. The quantitative estimate of drug-likeness (QED) is 0.579. The summed E-state index contributed by atoms with van der Waals surface area (Å²) in [4.78, 5) is 20.7. The van der Waals surface area contributed by atoms with Gasteiger partial charge in [0, 0.05) is 26.7 Å². The first-order valence-corrected chi connectivity index (χ1v) is 6.91. The number of nitrogens with zero attached hydrogens (tertiary/aromatic N) is 4. The maximum Gasteiger partial charge on any atom is 0.329 e. The molecule has 1 saturated heterocycles. The number of ether oxygens (including phenoxy) is 1. The number of hydrogen-bond donors (Lipinski definition) is 2. The average molecular weight is 296 g/mol. The van der Waals surface area contributed by atoms with E-state index in [1.54, 1.807) is 7.05 Å². The molecule has 1 atom stereocenters. The second kappa shape index (κ2) is 7.14. The van der Waals surface area contributed by atoms with E-state index in [0.29, 0.717) is 19.1 Å². The molecule has 21 heavy (non-hydrogen) atoms. The lowest BCUT2D eigenvalue weighted by molar-refractivity contribution is -0.384. The highest BCUT2D eigenvalue weighted by atomic mass is 16.6. The van der Waals surface area contributed by atoms with Crippen LogP contribution in [0.15, 0.2) is 6.20 Å². The van der Waals surface area contributed by atoms with Crippen LogP contribution in [-0.4, -0.2) is 65.7 Å². The number of likely N-dealkylation sites (N-methyl/N-ethyl adjacent to an activating group) is 1. The highest BCUT2D eigenvalue weighted by Crippen LogP contribution is 2.22. The molecular formula is C12H20N6O3. The van der Waals surface area contributed by atoms with Gasteiger partial charge in [-0.2, -0.15) is 4.98 Å². The van der Waals surface area contributed by atoms with Gasteiger partial charge in [0.1, 0.15) is 6.20 Å². The van der Waals surface area contributed by atoms with Crippen molar-refractivity contribution >= 4 is 17.5 Å². The van der Waals surface area contributed by atoms with E-state index in [1.807, 2.05) is 0 Å². The third-order valence-corrected chi connectivity index (χ3v) is 3.36. The van der Waals surface area contributed by atoms with Gasteiger partial charge in [0.05, 0.1) is 17.6 Å². The predicted molar refractivity (Wildman–Crippen MR) is 78.6 cm³/mol. The van der Waals surface area contributed by atoms with Crippen LogP contribution in [0.4, 0.5) is 17.5 Å². The highest BCUT2D eigenvalue weighted by molar-refractivity contribution is 5.56. The predicted octanol–water partition coefficient (Wildman–Crippen LogP) is 0.559. The minimum absolute atomic E-state index is 0.00805. The lowest BCUT2D eigenvalue weighted by Gasteiger charge is -2.32. The number of anilines is 2. The van der Waals surface area contributed by atoms with E-state index in [2.05, 4.69) is 32.4 Å². The second-order valence-electron chi connectivity index (χ2n) is 4.70. The molecule has 2 N–H and O–H groups in total. The van der Waals surface area contributed by atoms with E-state index >= 15 is 0 Å². The topological polar surface area (TPSA) is 105 Å². The first-order valence-electron chi connectivity index (χ1n) is 6.91. The zero-order valence-corrected chi connectivity index (χ0v) is 12.2. The Bertz CT molecular complexity index is 498. The van der Waals surface area contributed by atoms with Crippen molar-refractivity contribution in [2.45, 2.75) is 13.0 Å². The number of rotatable bonds is 6. The standard InChI is InChI=1S/C12H20N6O3/c1-3-17-4-5-21-9(8-17)6-14-11-10(18(19)20)7-15-12(13-2)16-11/h7,9H,3-6,8H2,1-2H3,(H2,13,14,15,16). The molecule has 9 nitrogen and oxygen atoms in total. The summed E-state index contributed by atoms with van der Waals surface area (Å²) in [5, 5.41) is 16.8. The first kappa shape index (κ1) is 15.4. The van der Waals surface area contributed by atoms with Crippen LogP contribution < -0.4 is 10.6 Å². The summed E-state index contributed by atoms with van der Waals surface area (Å²) in [6.45, 7) is 5.94. The Hall–Kier alpha value is -2.00. The smallest absolute Gasteiger partial charge is 0.329 e. The largest absolute Gasteiger partial charge is 0.374 e. The molecule has 2 rings (SSSR count). The van der Waals surface area contributed by atoms with Crippen molar-refractivity contribution in [3.8, 4) is 0 Å². The molecule has 2 heterocycles. The summed E-state index contributed by atoms with van der Waals surface area (Å²) in [6.07, 6.45) is 1.19. The van der Waals surface area contributed by atoms with E-state index in [4.69, 9.17) is 4.74 Å². The molecule has 1 aromatic heterocycles. The third kappa shape index (κ3) is 3.99. The average Bonchev–Trinajstić information content (AvgIpc) is 2.52. The van der Waals surface area contributed by atoms with Gasteiger partial charge in [-0.15, -0.1) is 0 Å². The van der Waals surface area contributed by atoms with Crippen LogP contribution in [-0.2, 0) is 4.74 Å². The Morgan fingerprint density at radius 1 is 1.62 bits per heavy atom. The van der Waals surface area contributed by atoms with Crippen LogP contribution >= 0.6 is 0 Å². The maximum absolute atomic E-state index is 11.0. The number of nitro groups is 1. The van der Waals surface area contributed by atoms with E-state index in [1.165, 1.54) is 6.20 Å². The lowest BCUT2D eigenvalue weighted by Crippen LogP contribution is -2.45. The summed E-state index contributed by atoms with van der Waals surface area (Å²) < 4.78 is 5.66. The fourth-order valence-electron chi connectivity index (χ4n) is 2.16. The highest BCUT2D eigenvalue weighted by Gasteiger charge is 2.22. The lowest BCUT2D eigenvalue weighted by atomic mass is 10.2. The fraction of sp³-hybridized carbons (Fsp3) is 0.667. The zero-order valence-electron chi connectivity index (χ0n) is 12.2. The summed E-state index contributed by atoms with van der Waals surface area (Å²) in [5.41, 5.74) is -0.142.